The Morgan fingerprint density at radius 2 is 2.06 bits per heavy atom. The Morgan fingerprint density at radius 1 is 1.33 bits per heavy atom. The maximum absolute atomic E-state index is 9.08. The molecule has 5 heteroatoms. The Hall–Kier alpha value is -1.86. The molecule has 1 aromatic carbocycles. The first-order chi connectivity index (χ1) is 8.76. The van der Waals surface area contributed by atoms with E-state index in [0.717, 1.165) is 30.6 Å². The van der Waals surface area contributed by atoms with Crippen LogP contribution < -0.4 is 0 Å². The first kappa shape index (κ1) is 12.6. The number of nitriles is 1. The van der Waals surface area contributed by atoms with Crippen LogP contribution >= 0.6 is 11.6 Å². The summed E-state index contributed by atoms with van der Waals surface area (Å²) in [6, 6.07) is 9.44. The van der Waals surface area contributed by atoms with Crippen LogP contribution in [0.4, 0.5) is 0 Å². The van der Waals surface area contributed by atoms with Gasteiger partial charge in [0.05, 0.1) is 0 Å². The molecule has 4 nitrogen and oxygen atoms in total. The van der Waals surface area contributed by atoms with Gasteiger partial charge in [-0.15, -0.1) is 5.10 Å². The number of aromatic nitrogens is 3. The van der Waals surface area contributed by atoms with E-state index in [4.69, 9.17) is 16.9 Å². The molecule has 92 valence electrons. The minimum Gasteiger partial charge on any atom is -0.243 e. The second-order valence-corrected chi connectivity index (χ2v) is 4.42. The molecule has 0 radical (unpaired) electrons. The van der Waals surface area contributed by atoms with Gasteiger partial charge in [0.15, 0.2) is 5.69 Å². The molecule has 0 N–H and O–H groups in total. The molecule has 0 unspecified atom stereocenters. The molecule has 0 bridgehead atoms. The molecule has 0 fully saturated rings. The highest BCUT2D eigenvalue weighted by atomic mass is 35.5. The predicted octanol–water partition coefficient (Wildman–Crippen LogP) is 3.27. The number of aryl methyl sites for hydroxylation is 1. The Labute approximate surface area is 111 Å². The molecule has 2 rings (SSSR count). The standard InChI is InChI=1S/C13H13ClN4/c1-2-3-8-18-13(12(9-15)16-17-18)10-4-6-11(14)7-5-10/h4-7H,2-3,8H2,1H3. The summed E-state index contributed by atoms with van der Waals surface area (Å²) in [6.45, 7) is 2.88. The normalized spacial score (nSPS) is 10.3. The maximum atomic E-state index is 9.08. The molecule has 0 saturated carbocycles. The highest BCUT2D eigenvalue weighted by Gasteiger charge is 2.14. The highest BCUT2D eigenvalue weighted by Crippen LogP contribution is 2.23. The predicted molar refractivity (Wildman–Crippen MR) is 70.1 cm³/mol. The summed E-state index contributed by atoms with van der Waals surface area (Å²) in [5, 5.41) is 17.7. The quantitative estimate of drug-likeness (QED) is 0.848. The number of hydrogen-bond donors (Lipinski definition) is 0. The largest absolute Gasteiger partial charge is 0.243 e. The van der Waals surface area contributed by atoms with Crippen molar-refractivity contribution in [1.29, 1.82) is 5.26 Å². The molecule has 0 aliphatic carbocycles. The molecule has 0 atom stereocenters. The fourth-order valence-corrected chi connectivity index (χ4v) is 1.87. The SMILES string of the molecule is CCCCn1nnc(C#N)c1-c1ccc(Cl)cc1. The first-order valence-electron chi connectivity index (χ1n) is 5.85. The van der Waals surface area contributed by atoms with Crippen LogP contribution in [0.1, 0.15) is 25.5 Å². The van der Waals surface area contributed by atoms with E-state index in [1.54, 1.807) is 16.8 Å². The van der Waals surface area contributed by atoms with Crippen LogP contribution in [0, 0.1) is 11.3 Å². The first-order valence-corrected chi connectivity index (χ1v) is 6.23. The minimum atomic E-state index is 0.355. The average molecular weight is 261 g/mol. The van der Waals surface area contributed by atoms with Crippen LogP contribution in [0.3, 0.4) is 0 Å². The fraction of sp³-hybridized carbons (Fsp3) is 0.308. The van der Waals surface area contributed by atoms with Crippen molar-refractivity contribution in [2.75, 3.05) is 0 Å². The van der Waals surface area contributed by atoms with Gasteiger partial charge in [-0.05, 0) is 18.6 Å². The lowest BCUT2D eigenvalue weighted by atomic mass is 10.1. The smallest absolute Gasteiger partial charge is 0.190 e. The van der Waals surface area contributed by atoms with Gasteiger partial charge in [-0.25, -0.2) is 4.68 Å². The van der Waals surface area contributed by atoms with Gasteiger partial charge < -0.3 is 0 Å². The summed E-state index contributed by atoms with van der Waals surface area (Å²) in [7, 11) is 0. The molecular weight excluding hydrogens is 248 g/mol. The lowest BCUT2D eigenvalue weighted by Crippen LogP contribution is -2.02. The number of halogens is 1. The van der Waals surface area contributed by atoms with Crippen molar-refractivity contribution in [3.8, 4) is 17.3 Å². The van der Waals surface area contributed by atoms with Crippen molar-refractivity contribution in [3.05, 3.63) is 35.0 Å². The van der Waals surface area contributed by atoms with Crippen molar-refractivity contribution in [2.24, 2.45) is 0 Å². The zero-order valence-electron chi connectivity index (χ0n) is 10.1. The summed E-state index contributed by atoms with van der Waals surface area (Å²) in [4.78, 5) is 0. The van der Waals surface area contributed by atoms with Crippen LogP contribution in [-0.2, 0) is 6.54 Å². The fourth-order valence-electron chi connectivity index (χ4n) is 1.75. The lowest BCUT2D eigenvalue weighted by molar-refractivity contribution is 0.557. The average Bonchev–Trinajstić information content (AvgIpc) is 2.80. The van der Waals surface area contributed by atoms with E-state index in [1.165, 1.54) is 0 Å². The van der Waals surface area contributed by atoms with E-state index in [9.17, 15) is 0 Å². The molecule has 0 aliphatic rings. The van der Waals surface area contributed by atoms with Crippen LogP contribution in [0.15, 0.2) is 24.3 Å². The summed E-state index contributed by atoms with van der Waals surface area (Å²) in [6.07, 6.45) is 2.08. The van der Waals surface area contributed by atoms with Gasteiger partial charge in [-0.3, -0.25) is 0 Å². The van der Waals surface area contributed by atoms with E-state index in [-0.39, 0.29) is 0 Å². The van der Waals surface area contributed by atoms with Crippen molar-refractivity contribution in [1.82, 2.24) is 15.0 Å². The third-order valence-corrected chi connectivity index (χ3v) is 2.93. The van der Waals surface area contributed by atoms with Gasteiger partial charge in [0.2, 0.25) is 0 Å². The Balaban J connectivity index is 2.44. The van der Waals surface area contributed by atoms with E-state index in [2.05, 4.69) is 23.3 Å². The molecular formula is C13H13ClN4. The topological polar surface area (TPSA) is 54.5 Å². The van der Waals surface area contributed by atoms with Crippen molar-refractivity contribution in [2.45, 2.75) is 26.3 Å². The Bertz CT molecular complexity index is 566. The van der Waals surface area contributed by atoms with Gasteiger partial charge in [-0.2, -0.15) is 5.26 Å². The van der Waals surface area contributed by atoms with E-state index < -0.39 is 0 Å². The van der Waals surface area contributed by atoms with Gasteiger partial charge in [0.1, 0.15) is 11.8 Å². The third-order valence-electron chi connectivity index (χ3n) is 2.68. The van der Waals surface area contributed by atoms with Crippen LogP contribution in [-0.4, -0.2) is 15.0 Å². The number of benzene rings is 1. The number of hydrogen-bond acceptors (Lipinski definition) is 3. The van der Waals surface area contributed by atoms with Gasteiger partial charge in [-0.1, -0.05) is 42.3 Å². The van der Waals surface area contributed by atoms with Crippen molar-refractivity contribution >= 4 is 11.6 Å². The molecule has 18 heavy (non-hydrogen) atoms. The number of nitrogens with zero attached hydrogens (tertiary/aromatic N) is 4. The van der Waals surface area contributed by atoms with E-state index in [0.29, 0.717) is 10.7 Å². The van der Waals surface area contributed by atoms with Crippen LogP contribution in [0.2, 0.25) is 5.02 Å². The monoisotopic (exact) mass is 260 g/mol. The summed E-state index contributed by atoms with van der Waals surface area (Å²) < 4.78 is 1.78. The highest BCUT2D eigenvalue weighted by molar-refractivity contribution is 6.30. The van der Waals surface area contributed by atoms with Gasteiger partial charge in [0.25, 0.3) is 0 Å². The molecule has 0 amide bonds. The lowest BCUT2D eigenvalue weighted by Gasteiger charge is -2.05. The van der Waals surface area contributed by atoms with E-state index in [1.807, 2.05) is 12.1 Å². The Kier molecular flexibility index (Phi) is 3.96. The van der Waals surface area contributed by atoms with Crippen molar-refractivity contribution in [3.63, 3.8) is 0 Å². The molecule has 0 aliphatic heterocycles. The molecule has 0 saturated heterocycles. The zero-order chi connectivity index (χ0) is 13.0. The summed E-state index contributed by atoms with van der Waals surface area (Å²) in [5.74, 6) is 0. The minimum absolute atomic E-state index is 0.355. The molecule has 0 spiro atoms. The second kappa shape index (κ2) is 5.65. The maximum Gasteiger partial charge on any atom is 0.190 e. The number of unbranched alkanes of at least 4 members (excludes halogenated alkanes) is 1. The van der Waals surface area contributed by atoms with Crippen molar-refractivity contribution < 1.29 is 0 Å². The van der Waals surface area contributed by atoms with Crippen LogP contribution in [0.5, 0.6) is 0 Å². The zero-order valence-corrected chi connectivity index (χ0v) is 10.9. The van der Waals surface area contributed by atoms with Crippen LogP contribution in [0.25, 0.3) is 11.3 Å². The Morgan fingerprint density at radius 3 is 2.67 bits per heavy atom. The van der Waals surface area contributed by atoms with Gasteiger partial charge >= 0.3 is 0 Å². The molecule has 1 aromatic heterocycles. The molecule has 2 aromatic rings. The molecule has 1 heterocycles. The number of rotatable bonds is 4. The van der Waals surface area contributed by atoms with E-state index >= 15 is 0 Å². The van der Waals surface area contributed by atoms with Gasteiger partial charge in [0, 0.05) is 17.1 Å². The summed E-state index contributed by atoms with van der Waals surface area (Å²) >= 11 is 5.87. The summed E-state index contributed by atoms with van der Waals surface area (Å²) in [5.41, 5.74) is 2.04. The third kappa shape index (κ3) is 2.52. The second-order valence-electron chi connectivity index (χ2n) is 3.98.